The van der Waals surface area contributed by atoms with Gasteiger partial charge in [0.25, 0.3) is 0 Å². The molecule has 0 aliphatic heterocycles. The van der Waals surface area contributed by atoms with Crippen molar-refractivity contribution in [3.8, 4) is 0 Å². The molecule has 0 heterocycles. The van der Waals surface area contributed by atoms with Crippen LogP contribution >= 0.6 is 0 Å². The van der Waals surface area contributed by atoms with Gasteiger partial charge in [0.2, 0.25) is 0 Å². The van der Waals surface area contributed by atoms with Crippen LogP contribution in [-0.4, -0.2) is 106 Å². The van der Waals surface area contributed by atoms with Crippen LogP contribution < -0.4 is 0 Å². The minimum atomic E-state index is 0.553. The van der Waals surface area contributed by atoms with Crippen LogP contribution in [0.2, 0.25) is 0 Å². The van der Waals surface area contributed by atoms with E-state index in [0.717, 1.165) is 26.1 Å². The Morgan fingerprint density at radius 3 is 0.605 bits per heavy atom. The van der Waals surface area contributed by atoms with Gasteiger partial charge in [0, 0.05) is 13.2 Å². The minimum Gasteiger partial charge on any atom is -0.379 e. The molecule has 8 nitrogen and oxygen atoms in total. The van der Waals surface area contributed by atoms with Crippen molar-refractivity contribution in [2.24, 2.45) is 0 Å². The Hall–Kier alpha value is -0.320. The molecule has 0 atom stereocenters. The highest BCUT2D eigenvalue weighted by Crippen LogP contribution is 2.13. The van der Waals surface area contributed by atoms with Gasteiger partial charge in [-0.05, 0) is 12.8 Å². The summed E-state index contributed by atoms with van der Waals surface area (Å²) in [6.45, 7) is 14.4. The molecule has 0 unspecified atom stereocenters. The van der Waals surface area contributed by atoms with E-state index in [1.165, 1.54) is 96.3 Å². The second-order valence-electron chi connectivity index (χ2n) is 11.2. The van der Waals surface area contributed by atoms with Crippen LogP contribution in [0.15, 0.2) is 0 Å². The molecule has 0 aliphatic carbocycles. The Morgan fingerprint density at radius 1 is 0.186 bits per heavy atom. The molecule has 0 saturated carbocycles. The van der Waals surface area contributed by atoms with Crippen LogP contribution in [0.3, 0.4) is 0 Å². The summed E-state index contributed by atoms with van der Waals surface area (Å²) in [6.07, 6.45) is 22.9. The van der Waals surface area contributed by atoms with Crippen LogP contribution in [0, 0.1) is 0 Å². The third-order valence-electron chi connectivity index (χ3n) is 7.14. The quantitative estimate of drug-likeness (QED) is 0.0643. The zero-order valence-electron chi connectivity index (χ0n) is 28.6. The van der Waals surface area contributed by atoms with Gasteiger partial charge in [0.05, 0.1) is 92.5 Å². The van der Waals surface area contributed by atoms with Crippen molar-refractivity contribution in [3.05, 3.63) is 0 Å². The predicted molar refractivity (Wildman–Crippen MR) is 176 cm³/mol. The summed E-state index contributed by atoms with van der Waals surface area (Å²) < 4.78 is 44.2. The molecule has 0 bridgehead atoms. The maximum Gasteiger partial charge on any atom is 0.0701 e. The van der Waals surface area contributed by atoms with Gasteiger partial charge in [-0.1, -0.05) is 110 Å². The Kier molecular flexibility index (Phi) is 41.4. The summed E-state index contributed by atoms with van der Waals surface area (Å²) in [6, 6.07) is 0. The first-order valence-electron chi connectivity index (χ1n) is 18.0. The topological polar surface area (TPSA) is 73.8 Å². The maximum atomic E-state index is 5.68. The average Bonchev–Trinajstić information content (AvgIpc) is 3.02. The number of unbranched alkanes of at least 4 members (excludes halogenated alkanes) is 15. The van der Waals surface area contributed by atoms with Gasteiger partial charge in [-0.2, -0.15) is 0 Å². The van der Waals surface area contributed by atoms with E-state index < -0.39 is 0 Å². The number of hydrogen-bond donors (Lipinski definition) is 0. The highest BCUT2D eigenvalue weighted by molar-refractivity contribution is 4.49. The molecule has 0 saturated heterocycles. The third-order valence-corrected chi connectivity index (χ3v) is 7.14. The lowest BCUT2D eigenvalue weighted by Crippen LogP contribution is -2.15. The minimum absolute atomic E-state index is 0.553. The smallest absolute Gasteiger partial charge is 0.0701 e. The normalized spacial score (nSPS) is 11.6. The summed E-state index contributed by atoms with van der Waals surface area (Å²) in [5, 5.41) is 0. The molecule has 0 fully saturated rings. The lowest BCUT2D eigenvalue weighted by Gasteiger charge is -2.08. The van der Waals surface area contributed by atoms with Gasteiger partial charge in [0.1, 0.15) is 0 Å². The molecule has 0 aliphatic rings. The summed E-state index contributed by atoms with van der Waals surface area (Å²) in [5.74, 6) is 0. The van der Waals surface area contributed by atoms with Crippen molar-refractivity contribution in [1.82, 2.24) is 0 Å². The lowest BCUT2D eigenvalue weighted by atomic mass is 10.0. The summed E-state index contributed by atoms with van der Waals surface area (Å²) in [5.41, 5.74) is 0. The van der Waals surface area contributed by atoms with Gasteiger partial charge in [0.15, 0.2) is 0 Å². The predicted octanol–water partition coefficient (Wildman–Crippen LogP) is 7.79. The Labute approximate surface area is 266 Å². The second kappa shape index (κ2) is 41.7. The van der Waals surface area contributed by atoms with Crippen molar-refractivity contribution in [2.45, 2.75) is 123 Å². The van der Waals surface area contributed by atoms with Crippen LogP contribution in [0.1, 0.15) is 123 Å². The SMILES string of the molecule is CCCCCCCCCCCCCCCCOCCOCCOCCOCCOCCOCCOCCOCCCCC. The van der Waals surface area contributed by atoms with E-state index in [0.29, 0.717) is 92.5 Å². The third kappa shape index (κ3) is 41.7. The Balaban J connectivity index is 3.02. The van der Waals surface area contributed by atoms with Gasteiger partial charge < -0.3 is 37.9 Å². The molecular formula is C35H72O8. The maximum absolute atomic E-state index is 5.68. The fraction of sp³-hybridized carbons (Fsp3) is 1.00. The molecule has 0 aromatic heterocycles. The van der Waals surface area contributed by atoms with E-state index in [-0.39, 0.29) is 0 Å². The second-order valence-corrected chi connectivity index (χ2v) is 11.2. The molecule has 0 rings (SSSR count). The summed E-state index contributed by atoms with van der Waals surface area (Å²) >= 11 is 0. The van der Waals surface area contributed by atoms with E-state index in [2.05, 4.69) is 13.8 Å². The van der Waals surface area contributed by atoms with E-state index in [9.17, 15) is 0 Å². The fourth-order valence-corrected chi connectivity index (χ4v) is 4.49. The highest BCUT2D eigenvalue weighted by Gasteiger charge is 1.97. The average molecular weight is 621 g/mol. The van der Waals surface area contributed by atoms with Crippen LogP contribution in [0.5, 0.6) is 0 Å². The van der Waals surface area contributed by atoms with E-state index >= 15 is 0 Å². The Morgan fingerprint density at radius 2 is 0.349 bits per heavy atom. The van der Waals surface area contributed by atoms with Crippen molar-refractivity contribution in [1.29, 1.82) is 0 Å². The number of rotatable bonds is 40. The molecule has 0 aromatic carbocycles. The van der Waals surface area contributed by atoms with Crippen LogP contribution in [-0.2, 0) is 37.9 Å². The number of ether oxygens (including phenoxy) is 8. The molecule has 0 radical (unpaired) electrons. The summed E-state index contributed by atoms with van der Waals surface area (Å²) in [4.78, 5) is 0. The number of hydrogen-bond acceptors (Lipinski definition) is 8. The van der Waals surface area contributed by atoms with E-state index in [1.807, 2.05) is 0 Å². The molecule has 0 N–H and O–H groups in total. The van der Waals surface area contributed by atoms with Crippen molar-refractivity contribution in [3.63, 3.8) is 0 Å². The largest absolute Gasteiger partial charge is 0.379 e. The van der Waals surface area contributed by atoms with Crippen molar-refractivity contribution in [2.75, 3.05) is 106 Å². The zero-order valence-corrected chi connectivity index (χ0v) is 28.6. The molecule has 260 valence electrons. The standard InChI is InChI=1S/C35H72O8/c1-3-5-7-8-9-10-11-12-13-14-15-16-17-19-21-37-23-25-39-27-29-41-31-33-43-35-34-42-32-30-40-28-26-38-24-22-36-20-18-6-4-2/h3-35H2,1-2H3. The highest BCUT2D eigenvalue weighted by atomic mass is 16.6. The van der Waals surface area contributed by atoms with Gasteiger partial charge in [-0.15, -0.1) is 0 Å². The lowest BCUT2D eigenvalue weighted by molar-refractivity contribution is -0.0232. The first-order valence-corrected chi connectivity index (χ1v) is 18.0. The van der Waals surface area contributed by atoms with Gasteiger partial charge in [-0.25, -0.2) is 0 Å². The van der Waals surface area contributed by atoms with E-state index in [4.69, 9.17) is 37.9 Å². The molecule has 8 heteroatoms. The molecular weight excluding hydrogens is 548 g/mol. The molecule has 0 amide bonds. The Bertz CT molecular complexity index is 429. The zero-order chi connectivity index (χ0) is 31.0. The van der Waals surface area contributed by atoms with Crippen molar-refractivity contribution < 1.29 is 37.9 Å². The molecule has 0 spiro atoms. The first kappa shape index (κ1) is 42.7. The summed E-state index contributed by atoms with van der Waals surface area (Å²) in [7, 11) is 0. The first-order chi connectivity index (χ1) is 21.4. The monoisotopic (exact) mass is 621 g/mol. The van der Waals surface area contributed by atoms with Crippen molar-refractivity contribution >= 4 is 0 Å². The van der Waals surface area contributed by atoms with E-state index in [1.54, 1.807) is 0 Å². The fourth-order valence-electron chi connectivity index (χ4n) is 4.49. The molecule has 0 aromatic rings. The van der Waals surface area contributed by atoms with Crippen LogP contribution in [0.4, 0.5) is 0 Å². The van der Waals surface area contributed by atoms with Gasteiger partial charge >= 0.3 is 0 Å². The van der Waals surface area contributed by atoms with Crippen LogP contribution in [0.25, 0.3) is 0 Å². The molecule has 43 heavy (non-hydrogen) atoms. The van der Waals surface area contributed by atoms with Gasteiger partial charge in [-0.3, -0.25) is 0 Å².